The zero-order valence-corrected chi connectivity index (χ0v) is 16.2. The second kappa shape index (κ2) is 7.47. The van der Waals surface area contributed by atoms with E-state index in [1.165, 1.54) is 21.1 Å². The van der Waals surface area contributed by atoms with E-state index < -0.39 is 37.1 Å². The van der Waals surface area contributed by atoms with Crippen molar-refractivity contribution >= 4 is 17.9 Å². The van der Waals surface area contributed by atoms with Crippen molar-refractivity contribution < 1.29 is 36.7 Å². The Morgan fingerprint density at radius 1 is 1.23 bits per heavy atom. The SMILES string of the molecule is Cc1ncoc1C(=O)N1C[C@@H]2OC(=O)N(C3CCN(C(=O)CCC(F)(F)F)C3)[C@@H]2C1. The monoisotopic (exact) mass is 430 g/mol. The van der Waals surface area contributed by atoms with Gasteiger partial charge in [0.25, 0.3) is 5.91 Å². The Labute approximate surface area is 169 Å². The van der Waals surface area contributed by atoms with E-state index >= 15 is 0 Å². The normalized spacial score (nSPS) is 26.3. The van der Waals surface area contributed by atoms with Crippen molar-refractivity contribution in [1.82, 2.24) is 19.7 Å². The maximum atomic E-state index is 12.7. The molecule has 4 heterocycles. The van der Waals surface area contributed by atoms with Crippen LogP contribution in [0.4, 0.5) is 18.0 Å². The summed E-state index contributed by atoms with van der Waals surface area (Å²) in [6.45, 7) is 2.55. The molecule has 0 saturated carbocycles. The average molecular weight is 430 g/mol. The van der Waals surface area contributed by atoms with Crippen LogP contribution in [0, 0.1) is 6.92 Å². The summed E-state index contributed by atoms with van der Waals surface area (Å²) in [7, 11) is 0. The molecule has 3 amide bonds. The fourth-order valence-electron chi connectivity index (χ4n) is 4.30. The summed E-state index contributed by atoms with van der Waals surface area (Å²) in [5.41, 5.74) is 0.467. The highest BCUT2D eigenvalue weighted by atomic mass is 19.4. The van der Waals surface area contributed by atoms with Gasteiger partial charge in [-0.3, -0.25) is 14.5 Å². The lowest BCUT2D eigenvalue weighted by atomic mass is 10.1. The average Bonchev–Trinajstić information content (AvgIpc) is 3.42. The molecule has 12 heteroatoms. The zero-order valence-electron chi connectivity index (χ0n) is 16.2. The van der Waals surface area contributed by atoms with Crippen LogP contribution in [-0.4, -0.2) is 88.1 Å². The highest BCUT2D eigenvalue weighted by molar-refractivity contribution is 5.93. The van der Waals surface area contributed by atoms with E-state index in [9.17, 15) is 27.6 Å². The number of hydrogen-bond acceptors (Lipinski definition) is 6. The molecule has 0 aliphatic carbocycles. The number of ether oxygens (including phenoxy) is 1. The summed E-state index contributed by atoms with van der Waals surface area (Å²) in [6.07, 6.45) is -5.54. The highest BCUT2D eigenvalue weighted by Crippen LogP contribution is 2.33. The summed E-state index contributed by atoms with van der Waals surface area (Å²) < 4.78 is 47.7. The number of fused-ring (bicyclic) bond motifs is 1. The molecule has 4 rings (SSSR count). The number of aryl methyl sites for hydroxylation is 1. The summed E-state index contributed by atoms with van der Waals surface area (Å²) in [6, 6.07) is -0.732. The van der Waals surface area contributed by atoms with Crippen LogP contribution in [0.2, 0.25) is 0 Å². The second-order valence-corrected chi connectivity index (χ2v) is 7.77. The molecule has 3 saturated heterocycles. The largest absolute Gasteiger partial charge is 0.442 e. The lowest BCUT2D eigenvalue weighted by Crippen LogP contribution is -2.47. The number of halogens is 3. The summed E-state index contributed by atoms with van der Waals surface area (Å²) in [5, 5.41) is 0. The van der Waals surface area contributed by atoms with Crippen molar-refractivity contribution in [2.75, 3.05) is 26.2 Å². The van der Waals surface area contributed by atoms with Crippen LogP contribution in [0.25, 0.3) is 0 Å². The predicted molar refractivity (Wildman–Crippen MR) is 93.3 cm³/mol. The molecular formula is C18H21F3N4O5. The number of hydrogen-bond donors (Lipinski definition) is 0. The molecule has 3 aliphatic heterocycles. The Bertz CT molecular complexity index is 857. The van der Waals surface area contributed by atoms with Crippen molar-refractivity contribution in [2.24, 2.45) is 0 Å². The van der Waals surface area contributed by atoms with Crippen LogP contribution in [0.1, 0.15) is 35.5 Å². The van der Waals surface area contributed by atoms with Gasteiger partial charge in [0, 0.05) is 26.1 Å². The van der Waals surface area contributed by atoms with Crippen LogP contribution in [0.5, 0.6) is 0 Å². The minimum absolute atomic E-state index is 0.134. The van der Waals surface area contributed by atoms with Gasteiger partial charge >= 0.3 is 12.3 Å². The number of oxazole rings is 1. The van der Waals surface area contributed by atoms with E-state index in [-0.39, 0.29) is 49.9 Å². The molecule has 0 radical (unpaired) electrons. The number of likely N-dealkylation sites (tertiary alicyclic amines) is 2. The highest BCUT2D eigenvalue weighted by Gasteiger charge is 2.52. The molecule has 0 N–H and O–H groups in total. The summed E-state index contributed by atoms with van der Waals surface area (Å²) in [5.74, 6) is -0.788. The van der Waals surface area contributed by atoms with E-state index in [4.69, 9.17) is 9.15 Å². The molecule has 0 spiro atoms. The van der Waals surface area contributed by atoms with Crippen molar-refractivity contribution in [2.45, 2.75) is 50.6 Å². The Hall–Kier alpha value is -2.79. The quantitative estimate of drug-likeness (QED) is 0.720. The zero-order chi connectivity index (χ0) is 21.6. The lowest BCUT2D eigenvalue weighted by molar-refractivity contribution is -0.148. The molecular weight excluding hydrogens is 409 g/mol. The van der Waals surface area contributed by atoms with Gasteiger partial charge in [-0.25, -0.2) is 9.78 Å². The fraction of sp³-hybridized carbons (Fsp3) is 0.667. The number of carbonyl (C=O) groups is 3. The molecule has 0 bridgehead atoms. The molecule has 1 aromatic heterocycles. The number of rotatable bonds is 4. The fourth-order valence-corrected chi connectivity index (χ4v) is 4.30. The molecule has 0 aromatic carbocycles. The minimum Gasteiger partial charge on any atom is -0.442 e. The number of alkyl halides is 3. The van der Waals surface area contributed by atoms with Crippen LogP contribution in [-0.2, 0) is 9.53 Å². The third kappa shape index (κ3) is 3.82. The van der Waals surface area contributed by atoms with Crippen LogP contribution < -0.4 is 0 Å². The van der Waals surface area contributed by atoms with Crippen LogP contribution >= 0.6 is 0 Å². The molecule has 1 unspecified atom stereocenters. The summed E-state index contributed by atoms with van der Waals surface area (Å²) in [4.78, 5) is 45.5. The van der Waals surface area contributed by atoms with Crippen molar-refractivity contribution in [3.8, 4) is 0 Å². The lowest BCUT2D eigenvalue weighted by Gasteiger charge is -2.28. The maximum absolute atomic E-state index is 12.7. The first-order valence-electron chi connectivity index (χ1n) is 9.67. The maximum Gasteiger partial charge on any atom is 0.410 e. The summed E-state index contributed by atoms with van der Waals surface area (Å²) >= 11 is 0. The first-order valence-corrected chi connectivity index (χ1v) is 9.67. The van der Waals surface area contributed by atoms with E-state index in [1.54, 1.807) is 6.92 Å². The van der Waals surface area contributed by atoms with Gasteiger partial charge in [-0.1, -0.05) is 0 Å². The number of aromatic nitrogens is 1. The van der Waals surface area contributed by atoms with E-state index in [0.29, 0.717) is 12.1 Å². The smallest absolute Gasteiger partial charge is 0.410 e. The molecule has 30 heavy (non-hydrogen) atoms. The Kier molecular flexibility index (Phi) is 5.10. The standard InChI is InChI=1S/C18H21F3N4O5/c1-10-15(29-9-22-10)16(27)24-7-12-13(8-24)30-17(28)25(12)11-3-5-23(6-11)14(26)2-4-18(19,20)21/h9,11-13H,2-8H2,1H3/t11?,12-,13+/m1/s1. The van der Waals surface area contributed by atoms with Gasteiger partial charge in [0.1, 0.15) is 6.10 Å². The van der Waals surface area contributed by atoms with Crippen molar-refractivity contribution in [3.05, 3.63) is 17.8 Å². The molecule has 164 valence electrons. The second-order valence-electron chi connectivity index (χ2n) is 7.77. The predicted octanol–water partition coefficient (Wildman–Crippen LogP) is 1.57. The number of nitrogens with zero attached hydrogens (tertiary/aromatic N) is 4. The first kappa shape index (κ1) is 20.5. The Morgan fingerprint density at radius 3 is 2.67 bits per heavy atom. The van der Waals surface area contributed by atoms with Crippen molar-refractivity contribution in [1.29, 1.82) is 0 Å². The Morgan fingerprint density at radius 2 is 2.00 bits per heavy atom. The van der Waals surface area contributed by atoms with Crippen molar-refractivity contribution in [3.63, 3.8) is 0 Å². The number of amides is 3. The van der Waals surface area contributed by atoms with Gasteiger partial charge in [-0.2, -0.15) is 13.2 Å². The van der Waals surface area contributed by atoms with Crippen LogP contribution in [0.3, 0.4) is 0 Å². The van der Waals surface area contributed by atoms with Gasteiger partial charge in [-0.15, -0.1) is 0 Å². The van der Waals surface area contributed by atoms with Crippen LogP contribution in [0.15, 0.2) is 10.8 Å². The molecule has 9 nitrogen and oxygen atoms in total. The molecule has 3 aliphatic rings. The topological polar surface area (TPSA) is 96.2 Å². The Balaban J connectivity index is 1.38. The van der Waals surface area contributed by atoms with Gasteiger partial charge in [0.05, 0.1) is 30.7 Å². The molecule has 1 aromatic rings. The van der Waals surface area contributed by atoms with E-state index in [0.717, 1.165) is 0 Å². The molecule has 3 atom stereocenters. The third-order valence-corrected chi connectivity index (χ3v) is 5.82. The van der Waals surface area contributed by atoms with Gasteiger partial charge < -0.3 is 19.0 Å². The van der Waals surface area contributed by atoms with E-state index in [2.05, 4.69) is 4.98 Å². The first-order chi connectivity index (χ1) is 14.1. The third-order valence-electron chi connectivity index (χ3n) is 5.82. The van der Waals surface area contributed by atoms with Gasteiger partial charge in [0.15, 0.2) is 6.39 Å². The van der Waals surface area contributed by atoms with Gasteiger partial charge in [0.2, 0.25) is 11.7 Å². The van der Waals surface area contributed by atoms with Gasteiger partial charge in [-0.05, 0) is 13.3 Å². The van der Waals surface area contributed by atoms with E-state index in [1.807, 2.05) is 0 Å². The number of carbonyl (C=O) groups excluding carboxylic acids is 3. The minimum atomic E-state index is -4.39. The molecule has 3 fully saturated rings.